The lowest BCUT2D eigenvalue weighted by molar-refractivity contribution is 0.104. The Bertz CT molecular complexity index is 467. The van der Waals surface area contributed by atoms with Crippen LogP contribution in [0.15, 0.2) is 23.4 Å². The summed E-state index contributed by atoms with van der Waals surface area (Å²) in [5.41, 5.74) is 0.880. The van der Waals surface area contributed by atoms with Gasteiger partial charge in [0, 0.05) is 16.8 Å². The van der Waals surface area contributed by atoms with E-state index in [-0.39, 0.29) is 12.2 Å². The van der Waals surface area contributed by atoms with Crippen molar-refractivity contribution in [1.29, 1.82) is 0 Å². The predicted octanol–water partition coefficient (Wildman–Crippen LogP) is 4.30. The Morgan fingerprint density at radius 2 is 2.33 bits per heavy atom. The highest BCUT2D eigenvalue weighted by Gasteiger charge is 2.25. The summed E-state index contributed by atoms with van der Waals surface area (Å²) < 4.78 is 5.76. The van der Waals surface area contributed by atoms with Gasteiger partial charge in [-0.3, -0.25) is 0 Å². The smallest absolute Gasteiger partial charge is 0.142 e. The quantitative estimate of drug-likeness (QED) is 0.756. The number of benzene rings is 1. The Hall–Kier alpha value is -0.450. The first-order chi connectivity index (χ1) is 8.60. The molecule has 0 spiro atoms. The molecule has 0 N–H and O–H groups in total. The zero-order valence-electron chi connectivity index (χ0n) is 9.70. The molecule has 1 aromatic carbocycles. The molecule has 0 amide bonds. The van der Waals surface area contributed by atoms with Crippen LogP contribution in [0.2, 0.25) is 10.0 Å². The molecule has 1 aromatic rings. The molecule has 2 rings (SSSR count). The van der Waals surface area contributed by atoms with Gasteiger partial charge in [0.25, 0.3) is 0 Å². The van der Waals surface area contributed by atoms with Gasteiger partial charge in [-0.25, -0.2) is 0 Å². The van der Waals surface area contributed by atoms with Gasteiger partial charge in [0.2, 0.25) is 0 Å². The summed E-state index contributed by atoms with van der Waals surface area (Å²) >= 11 is 15.2. The first-order valence-corrected chi connectivity index (χ1v) is 7.38. The van der Waals surface area contributed by atoms with E-state index in [0.717, 1.165) is 17.5 Å². The van der Waals surface area contributed by atoms with Crippen molar-refractivity contribution in [3.05, 3.63) is 28.2 Å². The fraction of sp³-hybridized carbons (Fsp3) is 0.417. The summed E-state index contributed by atoms with van der Waals surface area (Å²) in [6, 6.07) is 5.14. The molecule has 0 saturated carbocycles. The summed E-state index contributed by atoms with van der Waals surface area (Å²) in [7, 11) is 0. The van der Waals surface area contributed by atoms with E-state index >= 15 is 0 Å². The molecular weight excluding hydrogens is 341 g/mol. The normalized spacial score (nSPS) is 20.2. The zero-order chi connectivity index (χ0) is 13.1. The minimum atomic E-state index is -0.173. The van der Waals surface area contributed by atoms with Crippen LogP contribution in [0.3, 0.4) is 0 Å². The molecule has 0 saturated heterocycles. The summed E-state index contributed by atoms with van der Waals surface area (Å²) in [5.74, 6) is 0.596. The van der Waals surface area contributed by atoms with Crippen molar-refractivity contribution in [1.82, 2.24) is 0 Å². The Kier molecular flexibility index (Phi) is 4.76. The lowest BCUT2D eigenvalue weighted by Gasteiger charge is -2.15. The zero-order valence-corrected chi connectivity index (χ0v) is 12.8. The molecule has 1 aliphatic heterocycles. The molecule has 1 heterocycles. The number of hydrogen-bond acceptors (Lipinski definition) is 3. The number of halogens is 3. The molecule has 2 atom stereocenters. The average Bonchev–Trinajstić information content (AvgIpc) is 2.81. The van der Waals surface area contributed by atoms with Crippen molar-refractivity contribution in [3.63, 3.8) is 0 Å². The monoisotopic (exact) mass is 351 g/mol. The van der Waals surface area contributed by atoms with Gasteiger partial charge in [-0.05, 0) is 25.1 Å². The fourth-order valence-electron chi connectivity index (χ4n) is 1.60. The third kappa shape index (κ3) is 3.31. The number of alkyl halides is 1. The molecule has 0 fully saturated rings. The predicted molar refractivity (Wildman–Crippen MR) is 77.3 cm³/mol. The summed E-state index contributed by atoms with van der Waals surface area (Å²) in [4.78, 5) is 5.23. The van der Waals surface area contributed by atoms with E-state index in [1.807, 2.05) is 6.92 Å². The molecule has 0 aliphatic carbocycles. The first kappa shape index (κ1) is 14.0. The Labute approximate surface area is 124 Å². The average molecular weight is 353 g/mol. The number of oxime groups is 1. The van der Waals surface area contributed by atoms with Crippen molar-refractivity contribution >= 4 is 44.8 Å². The van der Waals surface area contributed by atoms with Gasteiger partial charge < -0.3 is 9.57 Å². The van der Waals surface area contributed by atoms with Crippen LogP contribution in [-0.4, -0.2) is 23.2 Å². The third-order valence-corrected chi connectivity index (χ3v) is 3.85. The van der Waals surface area contributed by atoms with Crippen molar-refractivity contribution in [2.24, 2.45) is 5.16 Å². The van der Waals surface area contributed by atoms with Crippen molar-refractivity contribution in [2.75, 3.05) is 5.33 Å². The maximum atomic E-state index is 6.05. The molecule has 98 valence electrons. The largest absolute Gasteiger partial charge is 0.483 e. The van der Waals surface area contributed by atoms with Gasteiger partial charge in [0.15, 0.2) is 0 Å². The van der Waals surface area contributed by atoms with Crippen LogP contribution >= 0.6 is 39.1 Å². The van der Waals surface area contributed by atoms with E-state index in [0.29, 0.717) is 15.8 Å². The molecule has 2 unspecified atom stereocenters. The van der Waals surface area contributed by atoms with Crippen LogP contribution in [0.1, 0.15) is 13.3 Å². The minimum Gasteiger partial charge on any atom is -0.483 e. The van der Waals surface area contributed by atoms with E-state index in [9.17, 15) is 0 Å². The van der Waals surface area contributed by atoms with Crippen LogP contribution < -0.4 is 4.74 Å². The summed E-state index contributed by atoms with van der Waals surface area (Å²) in [6.07, 6.45) is 0.678. The standard InChI is InChI=1S/C12H12BrCl2NO2/c1-7(11-5-9(6-13)18-16-11)17-12-3-2-8(14)4-10(12)15/h2-4,7,9H,5-6H2,1H3. The van der Waals surface area contributed by atoms with Crippen LogP contribution in [-0.2, 0) is 4.84 Å². The summed E-state index contributed by atoms with van der Waals surface area (Å²) in [6.45, 7) is 1.92. The van der Waals surface area contributed by atoms with E-state index in [4.69, 9.17) is 32.8 Å². The Balaban J connectivity index is 2.01. The topological polar surface area (TPSA) is 30.8 Å². The van der Waals surface area contributed by atoms with Crippen molar-refractivity contribution < 1.29 is 9.57 Å². The second-order valence-electron chi connectivity index (χ2n) is 4.00. The summed E-state index contributed by atoms with van der Waals surface area (Å²) in [5, 5.41) is 5.86. The van der Waals surface area contributed by atoms with Crippen LogP contribution in [0.25, 0.3) is 0 Å². The SMILES string of the molecule is CC(Oc1ccc(Cl)cc1Cl)C1=NOC(CBr)C1. The van der Waals surface area contributed by atoms with Gasteiger partial charge in [-0.2, -0.15) is 0 Å². The lowest BCUT2D eigenvalue weighted by atomic mass is 10.1. The second kappa shape index (κ2) is 6.13. The molecule has 0 bridgehead atoms. The maximum absolute atomic E-state index is 6.05. The molecule has 3 nitrogen and oxygen atoms in total. The third-order valence-electron chi connectivity index (χ3n) is 2.59. The van der Waals surface area contributed by atoms with Gasteiger partial charge in [-0.1, -0.05) is 44.3 Å². The van der Waals surface area contributed by atoms with Crippen LogP contribution in [0.5, 0.6) is 5.75 Å². The molecular formula is C12H12BrCl2NO2. The lowest BCUT2D eigenvalue weighted by Crippen LogP contribution is -2.24. The Morgan fingerprint density at radius 3 is 2.94 bits per heavy atom. The van der Waals surface area contributed by atoms with E-state index in [2.05, 4.69) is 21.1 Å². The second-order valence-corrected chi connectivity index (χ2v) is 5.49. The Morgan fingerprint density at radius 1 is 1.56 bits per heavy atom. The molecule has 0 radical (unpaired) electrons. The number of ether oxygens (including phenoxy) is 1. The number of hydrogen-bond donors (Lipinski definition) is 0. The van der Waals surface area contributed by atoms with Crippen LogP contribution in [0, 0.1) is 0 Å². The fourth-order valence-corrected chi connectivity index (χ4v) is 2.40. The number of nitrogens with zero attached hydrogens (tertiary/aromatic N) is 1. The van der Waals surface area contributed by atoms with E-state index in [1.54, 1.807) is 18.2 Å². The van der Waals surface area contributed by atoms with Gasteiger partial charge in [-0.15, -0.1) is 0 Å². The molecule has 6 heteroatoms. The molecule has 1 aliphatic rings. The van der Waals surface area contributed by atoms with E-state index in [1.165, 1.54) is 0 Å². The van der Waals surface area contributed by atoms with Gasteiger partial charge >= 0.3 is 0 Å². The van der Waals surface area contributed by atoms with Gasteiger partial charge in [0.05, 0.1) is 5.02 Å². The van der Waals surface area contributed by atoms with Crippen molar-refractivity contribution in [2.45, 2.75) is 25.6 Å². The molecule has 0 aromatic heterocycles. The van der Waals surface area contributed by atoms with Crippen LogP contribution in [0.4, 0.5) is 0 Å². The van der Waals surface area contributed by atoms with Gasteiger partial charge in [0.1, 0.15) is 23.7 Å². The highest BCUT2D eigenvalue weighted by atomic mass is 79.9. The first-order valence-electron chi connectivity index (χ1n) is 5.50. The number of rotatable bonds is 4. The minimum absolute atomic E-state index is 0.0896. The highest BCUT2D eigenvalue weighted by Crippen LogP contribution is 2.29. The van der Waals surface area contributed by atoms with Crippen molar-refractivity contribution in [3.8, 4) is 5.75 Å². The highest BCUT2D eigenvalue weighted by molar-refractivity contribution is 9.09. The van der Waals surface area contributed by atoms with E-state index < -0.39 is 0 Å². The molecule has 18 heavy (non-hydrogen) atoms. The maximum Gasteiger partial charge on any atom is 0.142 e.